The second-order valence-electron chi connectivity index (χ2n) is 2.76. The molecular formula is C9H16O2. The quantitative estimate of drug-likeness (QED) is 0.417. The Hall–Kier alpha value is -0.660. The van der Waals surface area contributed by atoms with Gasteiger partial charge in [0.1, 0.15) is 12.6 Å². The Labute approximate surface area is 68.0 Å². The molecule has 0 aliphatic heterocycles. The van der Waals surface area contributed by atoms with Crippen LogP contribution >= 0.6 is 0 Å². The molecule has 2 heteroatoms. The van der Waals surface area contributed by atoms with E-state index in [-0.39, 0.29) is 5.92 Å². The van der Waals surface area contributed by atoms with Crippen LogP contribution in [0, 0.1) is 5.92 Å². The molecule has 0 aromatic carbocycles. The van der Waals surface area contributed by atoms with Crippen molar-refractivity contribution in [2.75, 3.05) is 0 Å². The molecule has 0 saturated carbocycles. The van der Waals surface area contributed by atoms with E-state index in [1.54, 1.807) is 0 Å². The van der Waals surface area contributed by atoms with Gasteiger partial charge in [-0.15, -0.1) is 0 Å². The standard InChI is InChI=1S/C9H16O2/c1-2-9(8-11)6-4-3-5-7-10/h7-9H,2-6H2,1H3. The van der Waals surface area contributed by atoms with Crippen LogP contribution in [0.1, 0.15) is 39.0 Å². The maximum atomic E-state index is 10.3. The first-order chi connectivity index (χ1) is 5.35. The minimum Gasteiger partial charge on any atom is -0.303 e. The van der Waals surface area contributed by atoms with E-state index in [9.17, 15) is 9.59 Å². The molecule has 0 aromatic rings. The maximum absolute atomic E-state index is 10.3. The van der Waals surface area contributed by atoms with Gasteiger partial charge in [-0.2, -0.15) is 0 Å². The molecule has 1 atom stereocenters. The normalized spacial score (nSPS) is 12.5. The largest absolute Gasteiger partial charge is 0.303 e. The lowest BCUT2D eigenvalue weighted by Crippen LogP contribution is -1.99. The summed E-state index contributed by atoms with van der Waals surface area (Å²) in [5.41, 5.74) is 0. The summed E-state index contributed by atoms with van der Waals surface area (Å²) >= 11 is 0. The van der Waals surface area contributed by atoms with Crippen molar-refractivity contribution in [1.82, 2.24) is 0 Å². The van der Waals surface area contributed by atoms with Crippen molar-refractivity contribution in [3.05, 3.63) is 0 Å². The van der Waals surface area contributed by atoms with Crippen LogP contribution in [-0.2, 0) is 9.59 Å². The summed E-state index contributed by atoms with van der Waals surface area (Å²) < 4.78 is 0. The third kappa shape index (κ3) is 5.77. The molecule has 1 unspecified atom stereocenters. The number of hydrogen-bond acceptors (Lipinski definition) is 2. The first kappa shape index (κ1) is 10.3. The van der Waals surface area contributed by atoms with Crippen molar-refractivity contribution in [2.45, 2.75) is 39.0 Å². The summed E-state index contributed by atoms with van der Waals surface area (Å²) in [6, 6.07) is 0. The number of aldehydes is 2. The second kappa shape index (κ2) is 7.45. The highest BCUT2D eigenvalue weighted by Crippen LogP contribution is 2.09. The fourth-order valence-electron chi connectivity index (χ4n) is 1.00. The van der Waals surface area contributed by atoms with Crippen LogP contribution in [0.15, 0.2) is 0 Å². The van der Waals surface area contributed by atoms with Crippen molar-refractivity contribution in [3.8, 4) is 0 Å². The molecule has 0 bridgehead atoms. The average molecular weight is 156 g/mol. The number of unbranched alkanes of at least 4 members (excludes halogenated alkanes) is 2. The summed E-state index contributed by atoms with van der Waals surface area (Å²) in [6.07, 6.45) is 6.36. The molecule has 11 heavy (non-hydrogen) atoms. The molecule has 0 heterocycles. The Morgan fingerprint density at radius 1 is 1.27 bits per heavy atom. The van der Waals surface area contributed by atoms with Crippen molar-refractivity contribution >= 4 is 12.6 Å². The van der Waals surface area contributed by atoms with Gasteiger partial charge < -0.3 is 9.59 Å². The van der Waals surface area contributed by atoms with Crippen molar-refractivity contribution in [3.63, 3.8) is 0 Å². The fourth-order valence-corrected chi connectivity index (χ4v) is 1.00. The maximum Gasteiger partial charge on any atom is 0.123 e. The Balaban J connectivity index is 3.20. The van der Waals surface area contributed by atoms with Gasteiger partial charge in [-0.05, 0) is 19.3 Å². The van der Waals surface area contributed by atoms with Gasteiger partial charge in [-0.25, -0.2) is 0 Å². The van der Waals surface area contributed by atoms with Crippen LogP contribution in [0.25, 0.3) is 0 Å². The van der Waals surface area contributed by atoms with Crippen molar-refractivity contribution in [1.29, 1.82) is 0 Å². The Kier molecular flexibility index (Phi) is 7.00. The zero-order valence-electron chi connectivity index (χ0n) is 7.08. The lowest BCUT2D eigenvalue weighted by atomic mass is 10.0. The van der Waals surface area contributed by atoms with Crippen LogP contribution in [0.3, 0.4) is 0 Å². The minimum atomic E-state index is 0.210. The third-order valence-electron chi connectivity index (χ3n) is 1.86. The highest BCUT2D eigenvalue weighted by atomic mass is 16.1. The summed E-state index contributed by atoms with van der Waals surface area (Å²) in [7, 11) is 0. The first-order valence-corrected chi connectivity index (χ1v) is 4.24. The second-order valence-corrected chi connectivity index (χ2v) is 2.76. The molecule has 0 aliphatic carbocycles. The van der Waals surface area contributed by atoms with Gasteiger partial charge >= 0.3 is 0 Å². The Bertz CT molecular complexity index is 110. The highest BCUT2D eigenvalue weighted by molar-refractivity contribution is 5.53. The average Bonchev–Trinajstić information content (AvgIpc) is 2.05. The number of carbonyl (C=O) groups is 2. The first-order valence-electron chi connectivity index (χ1n) is 4.24. The summed E-state index contributed by atoms with van der Waals surface area (Å²) in [4.78, 5) is 20.2. The summed E-state index contributed by atoms with van der Waals surface area (Å²) in [5, 5.41) is 0. The molecule has 0 saturated heterocycles. The molecule has 0 fully saturated rings. The molecule has 0 radical (unpaired) electrons. The predicted octanol–water partition coefficient (Wildman–Crippen LogP) is 1.97. The van der Waals surface area contributed by atoms with Crippen LogP contribution in [0.4, 0.5) is 0 Å². The number of hydrogen-bond donors (Lipinski definition) is 0. The summed E-state index contributed by atoms with van der Waals surface area (Å²) in [5.74, 6) is 0.210. The summed E-state index contributed by atoms with van der Waals surface area (Å²) in [6.45, 7) is 2.01. The molecule has 64 valence electrons. The molecule has 2 nitrogen and oxygen atoms in total. The smallest absolute Gasteiger partial charge is 0.123 e. The minimum absolute atomic E-state index is 0.210. The topological polar surface area (TPSA) is 34.1 Å². The van der Waals surface area contributed by atoms with E-state index in [2.05, 4.69) is 0 Å². The van der Waals surface area contributed by atoms with E-state index in [1.165, 1.54) is 0 Å². The lowest BCUT2D eigenvalue weighted by Gasteiger charge is -2.04. The zero-order chi connectivity index (χ0) is 8.53. The molecular weight excluding hydrogens is 140 g/mol. The van der Waals surface area contributed by atoms with E-state index < -0.39 is 0 Å². The number of carbonyl (C=O) groups excluding carboxylic acids is 2. The molecule has 0 amide bonds. The van der Waals surface area contributed by atoms with E-state index >= 15 is 0 Å². The third-order valence-corrected chi connectivity index (χ3v) is 1.86. The van der Waals surface area contributed by atoms with Gasteiger partial charge in [0.05, 0.1) is 0 Å². The van der Waals surface area contributed by atoms with E-state index in [0.29, 0.717) is 6.42 Å². The van der Waals surface area contributed by atoms with E-state index in [4.69, 9.17) is 0 Å². The van der Waals surface area contributed by atoms with Gasteiger partial charge in [0.15, 0.2) is 0 Å². The zero-order valence-corrected chi connectivity index (χ0v) is 7.08. The van der Waals surface area contributed by atoms with E-state index in [0.717, 1.165) is 38.3 Å². The van der Waals surface area contributed by atoms with Crippen LogP contribution in [0.5, 0.6) is 0 Å². The van der Waals surface area contributed by atoms with Crippen LogP contribution in [0.2, 0.25) is 0 Å². The monoisotopic (exact) mass is 156 g/mol. The van der Waals surface area contributed by atoms with Gasteiger partial charge in [0.2, 0.25) is 0 Å². The highest BCUT2D eigenvalue weighted by Gasteiger charge is 2.02. The SMILES string of the molecule is CCC(C=O)CCCCC=O. The molecule has 0 spiro atoms. The fraction of sp³-hybridized carbons (Fsp3) is 0.778. The van der Waals surface area contributed by atoms with Crippen LogP contribution in [-0.4, -0.2) is 12.6 Å². The predicted molar refractivity (Wildman–Crippen MR) is 44.4 cm³/mol. The van der Waals surface area contributed by atoms with Crippen LogP contribution < -0.4 is 0 Å². The lowest BCUT2D eigenvalue weighted by molar-refractivity contribution is -0.111. The van der Waals surface area contributed by atoms with Gasteiger partial charge in [0, 0.05) is 12.3 Å². The van der Waals surface area contributed by atoms with Gasteiger partial charge in [-0.1, -0.05) is 13.3 Å². The van der Waals surface area contributed by atoms with E-state index in [1.807, 2.05) is 6.92 Å². The molecule has 0 aromatic heterocycles. The molecule has 0 N–H and O–H groups in total. The van der Waals surface area contributed by atoms with Gasteiger partial charge in [-0.3, -0.25) is 0 Å². The molecule has 0 rings (SSSR count). The molecule has 0 aliphatic rings. The van der Waals surface area contributed by atoms with Crippen molar-refractivity contribution in [2.24, 2.45) is 5.92 Å². The Morgan fingerprint density at radius 3 is 2.45 bits per heavy atom. The van der Waals surface area contributed by atoms with Crippen molar-refractivity contribution < 1.29 is 9.59 Å². The Morgan fingerprint density at radius 2 is 2.00 bits per heavy atom. The number of rotatable bonds is 7. The van der Waals surface area contributed by atoms with Gasteiger partial charge in [0.25, 0.3) is 0 Å².